The maximum absolute atomic E-state index is 12.3. The van der Waals surface area contributed by atoms with Crippen molar-refractivity contribution in [2.24, 2.45) is 0 Å². The number of carbonyl (C=O) groups excluding carboxylic acids is 1. The topological polar surface area (TPSA) is 35.6 Å². The second kappa shape index (κ2) is 10.8. The molecule has 0 aromatic heterocycles. The van der Waals surface area contributed by atoms with Gasteiger partial charge in [0.1, 0.15) is 0 Å². The normalized spacial score (nSPS) is 16.9. The molecule has 28 heavy (non-hydrogen) atoms. The highest BCUT2D eigenvalue weighted by Crippen LogP contribution is 2.11. The van der Waals surface area contributed by atoms with Gasteiger partial charge >= 0.3 is 0 Å². The summed E-state index contributed by atoms with van der Waals surface area (Å²) in [6, 6.07) is 20.6. The van der Waals surface area contributed by atoms with E-state index in [1.807, 2.05) is 31.2 Å². The van der Waals surface area contributed by atoms with Gasteiger partial charge < -0.3 is 10.2 Å². The van der Waals surface area contributed by atoms with Gasteiger partial charge in [0.15, 0.2) is 0 Å². The third kappa shape index (κ3) is 6.63. The molecule has 1 aliphatic rings. The van der Waals surface area contributed by atoms with Gasteiger partial charge in [-0.15, -0.1) is 0 Å². The zero-order valence-corrected chi connectivity index (χ0v) is 16.8. The molecule has 4 nitrogen and oxygen atoms in total. The first kappa shape index (κ1) is 20.3. The number of amides is 1. The fraction of sp³-hybridized carbons (Fsp3) is 0.375. The minimum Gasteiger partial charge on any atom is -0.350 e. The third-order valence-electron chi connectivity index (χ3n) is 5.27. The first-order valence-corrected chi connectivity index (χ1v) is 10.2. The minimum absolute atomic E-state index is 0.0574. The summed E-state index contributed by atoms with van der Waals surface area (Å²) in [6.07, 6.45) is 4.99. The second-order valence-electron chi connectivity index (χ2n) is 7.41. The van der Waals surface area contributed by atoms with Crippen LogP contribution in [0.3, 0.4) is 0 Å². The number of nitrogens with one attached hydrogen (secondary N) is 1. The Hall–Kier alpha value is -2.43. The predicted octanol–water partition coefficient (Wildman–Crippen LogP) is 3.58. The number of hydrogen-bond donors (Lipinski definition) is 1. The highest BCUT2D eigenvalue weighted by Gasteiger charge is 2.17. The molecular formula is C24H31N3O. The van der Waals surface area contributed by atoms with Crippen molar-refractivity contribution in [3.8, 4) is 0 Å². The number of carbonyl (C=O) groups is 1. The van der Waals surface area contributed by atoms with Gasteiger partial charge in [0, 0.05) is 45.7 Å². The van der Waals surface area contributed by atoms with Gasteiger partial charge in [-0.1, -0.05) is 72.8 Å². The van der Waals surface area contributed by atoms with E-state index in [0.717, 1.165) is 44.8 Å². The van der Waals surface area contributed by atoms with E-state index in [2.05, 4.69) is 63.7 Å². The summed E-state index contributed by atoms with van der Waals surface area (Å²) in [5, 5.41) is 3.10. The average Bonchev–Trinajstić information content (AvgIpc) is 2.74. The molecule has 1 heterocycles. The lowest BCUT2D eigenvalue weighted by molar-refractivity contribution is -0.122. The zero-order valence-electron chi connectivity index (χ0n) is 16.8. The third-order valence-corrected chi connectivity index (χ3v) is 5.27. The molecule has 1 amide bonds. The van der Waals surface area contributed by atoms with Gasteiger partial charge in [0.2, 0.25) is 5.91 Å². The molecular weight excluding hydrogens is 346 g/mol. The van der Waals surface area contributed by atoms with E-state index in [0.29, 0.717) is 6.42 Å². The minimum atomic E-state index is 0.0574. The summed E-state index contributed by atoms with van der Waals surface area (Å²) in [5.41, 5.74) is 2.39. The average molecular weight is 378 g/mol. The highest BCUT2D eigenvalue weighted by molar-refractivity contribution is 5.76. The number of piperazine rings is 1. The van der Waals surface area contributed by atoms with Crippen LogP contribution in [0.4, 0.5) is 0 Å². The lowest BCUT2D eigenvalue weighted by Gasteiger charge is -2.34. The number of hydrogen-bond acceptors (Lipinski definition) is 3. The Bertz CT molecular complexity index is 737. The molecule has 2 aromatic carbocycles. The first-order valence-electron chi connectivity index (χ1n) is 10.2. The number of benzene rings is 2. The van der Waals surface area contributed by atoms with Crippen molar-refractivity contribution < 1.29 is 4.79 Å². The molecule has 1 N–H and O–H groups in total. The SMILES string of the molecule is CC(NC(=O)CCN1CCN(C/C=C/c2ccccc2)CC1)c1ccccc1. The Kier molecular flexibility index (Phi) is 7.82. The van der Waals surface area contributed by atoms with E-state index in [-0.39, 0.29) is 11.9 Å². The molecule has 1 aliphatic heterocycles. The van der Waals surface area contributed by atoms with Crippen molar-refractivity contribution in [1.29, 1.82) is 0 Å². The molecule has 1 atom stereocenters. The van der Waals surface area contributed by atoms with Crippen LogP contribution in [-0.4, -0.2) is 55.0 Å². The lowest BCUT2D eigenvalue weighted by atomic mass is 10.1. The molecule has 0 saturated carbocycles. The van der Waals surface area contributed by atoms with Crippen LogP contribution in [0.25, 0.3) is 6.08 Å². The van der Waals surface area contributed by atoms with E-state index in [1.165, 1.54) is 5.56 Å². The van der Waals surface area contributed by atoms with Crippen molar-refractivity contribution in [2.75, 3.05) is 39.3 Å². The Morgan fingerprint density at radius 1 is 0.964 bits per heavy atom. The van der Waals surface area contributed by atoms with Gasteiger partial charge in [0.05, 0.1) is 6.04 Å². The Balaban J connectivity index is 1.32. The smallest absolute Gasteiger partial charge is 0.221 e. The molecule has 1 saturated heterocycles. The predicted molar refractivity (Wildman–Crippen MR) is 116 cm³/mol. The van der Waals surface area contributed by atoms with Crippen LogP contribution in [0.2, 0.25) is 0 Å². The monoisotopic (exact) mass is 377 g/mol. The molecule has 0 aliphatic carbocycles. The largest absolute Gasteiger partial charge is 0.350 e. The van der Waals surface area contributed by atoms with Crippen LogP contribution in [-0.2, 0) is 4.79 Å². The van der Waals surface area contributed by atoms with Gasteiger partial charge in [0.25, 0.3) is 0 Å². The fourth-order valence-electron chi connectivity index (χ4n) is 3.50. The summed E-state index contributed by atoms with van der Waals surface area (Å²) < 4.78 is 0. The molecule has 1 unspecified atom stereocenters. The molecule has 4 heteroatoms. The van der Waals surface area contributed by atoms with Crippen LogP contribution < -0.4 is 5.32 Å². The molecule has 0 radical (unpaired) electrons. The fourth-order valence-corrected chi connectivity index (χ4v) is 3.50. The number of rotatable bonds is 8. The Labute approximate surface area is 168 Å². The molecule has 0 bridgehead atoms. The summed E-state index contributed by atoms with van der Waals surface area (Å²) in [7, 11) is 0. The van der Waals surface area contributed by atoms with Crippen molar-refractivity contribution in [1.82, 2.24) is 15.1 Å². The van der Waals surface area contributed by atoms with Gasteiger partial charge in [-0.2, -0.15) is 0 Å². The Morgan fingerprint density at radius 3 is 2.25 bits per heavy atom. The molecule has 1 fully saturated rings. The summed E-state index contributed by atoms with van der Waals surface area (Å²) in [6.45, 7) is 8.03. The quantitative estimate of drug-likeness (QED) is 0.764. The van der Waals surface area contributed by atoms with Crippen LogP contribution in [0.1, 0.15) is 30.5 Å². The van der Waals surface area contributed by atoms with Gasteiger partial charge in [-0.25, -0.2) is 0 Å². The molecule has 2 aromatic rings. The Morgan fingerprint density at radius 2 is 1.57 bits per heavy atom. The van der Waals surface area contributed by atoms with Crippen molar-refractivity contribution >= 4 is 12.0 Å². The molecule has 148 valence electrons. The van der Waals surface area contributed by atoms with Crippen molar-refractivity contribution in [2.45, 2.75) is 19.4 Å². The molecule has 0 spiro atoms. The van der Waals surface area contributed by atoms with E-state index in [1.54, 1.807) is 0 Å². The van der Waals surface area contributed by atoms with Crippen LogP contribution in [0.15, 0.2) is 66.7 Å². The van der Waals surface area contributed by atoms with Crippen LogP contribution in [0.5, 0.6) is 0 Å². The maximum atomic E-state index is 12.3. The van der Waals surface area contributed by atoms with Crippen molar-refractivity contribution in [3.05, 3.63) is 77.9 Å². The van der Waals surface area contributed by atoms with E-state index in [9.17, 15) is 4.79 Å². The van der Waals surface area contributed by atoms with Crippen LogP contribution in [0, 0.1) is 0 Å². The standard InChI is InChI=1S/C24H31N3O/c1-21(23-12-6-3-7-13-23)25-24(28)14-16-27-19-17-26(18-20-27)15-8-11-22-9-4-2-5-10-22/h2-13,21H,14-20H2,1H3,(H,25,28)/b11-8+. The van der Waals surface area contributed by atoms with E-state index < -0.39 is 0 Å². The van der Waals surface area contributed by atoms with Gasteiger partial charge in [-0.3, -0.25) is 9.69 Å². The highest BCUT2D eigenvalue weighted by atomic mass is 16.1. The van der Waals surface area contributed by atoms with E-state index >= 15 is 0 Å². The van der Waals surface area contributed by atoms with Crippen LogP contribution >= 0.6 is 0 Å². The van der Waals surface area contributed by atoms with E-state index in [4.69, 9.17) is 0 Å². The second-order valence-corrected chi connectivity index (χ2v) is 7.41. The zero-order chi connectivity index (χ0) is 19.6. The number of nitrogens with zero attached hydrogens (tertiary/aromatic N) is 2. The molecule has 3 rings (SSSR count). The summed E-state index contributed by atoms with van der Waals surface area (Å²) in [5.74, 6) is 0.129. The first-order chi connectivity index (χ1) is 13.7. The van der Waals surface area contributed by atoms with Crippen molar-refractivity contribution in [3.63, 3.8) is 0 Å². The summed E-state index contributed by atoms with van der Waals surface area (Å²) in [4.78, 5) is 17.1. The maximum Gasteiger partial charge on any atom is 0.221 e. The lowest BCUT2D eigenvalue weighted by Crippen LogP contribution is -2.47. The van der Waals surface area contributed by atoms with Gasteiger partial charge in [-0.05, 0) is 18.1 Å². The summed E-state index contributed by atoms with van der Waals surface area (Å²) >= 11 is 0.